The van der Waals surface area contributed by atoms with Crippen LogP contribution in [0.15, 0.2) is 24.3 Å². The summed E-state index contributed by atoms with van der Waals surface area (Å²) in [5.74, 6) is 0.355. The van der Waals surface area contributed by atoms with Gasteiger partial charge in [-0.05, 0) is 36.3 Å². The molecule has 18 heavy (non-hydrogen) atoms. The van der Waals surface area contributed by atoms with Crippen molar-refractivity contribution in [3.63, 3.8) is 0 Å². The molecule has 1 aromatic carbocycles. The Morgan fingerprint density at radius 1 is 1.44 bits per heavy atom. The number of rotatable bonds is 4. The Bertz CT molecular complexity index is 415. The number of hydrogen-bond donors (Lipinski definition) is 1. The summed E-state index contributed by atoms with van der Waals surface area (Å²) in [6, 6.07) is 8.21. The number of fused-ring (bicyclic) bond motifs is 1. The van der Waals surface area contributed by atoms with Gasteiger partial charge in [0.1, 0.15) is 0 Å². The van der Waals surface area contributed by atoms with E-state index in [1.165, 1.54) is 5.56 Å². The van der Waals surface area contributed by atoms with Crippen LogP contribution in [0.3, 0.4) is 0 Å². The molecule has 0 aromatic heterocycles. The van der Waals surface area contributed by atoms with Gasteiger partial charge in [0, 0.05) is 0 Å². The van der Waals surface area contributed by atoms with E-state index in [1.807, 2.05) is 12.1 Å². The van der Waals surface area contributed by atoms with Crippen molar-refractivity contribution in [2.24, 2.45) is 5.92 Å². The number of benzene rings is 1. The van der Waals surface area contributed by atoms with Crippen molar-refractivity contribution < 1.29 is 9.63 Å². The number of hydroxylamine groups is 1. The van der Waals surface area contributed by atoms with Crippen LogP contribution in [0, 0.1) is 5.92 Å². The van der Waals surface area contributed by atoms with E-state index in [-0.39, 0.29) is 11.8 Å². The van der Waals surface area contributed by atoms with E-state index in [0.29, 0.717) is 12.5 Å². The van der Waals surface area contributed by atoms with Gasteiger partial charge in [-0.3, -0.25) is 9.63 Å². The van der Waals surface area contributed by atoms with E-state index in [1.54, 1.807) is 0 Å². The summed E-state index contributed by atoms with van der Waals surface area (Å²) < 4.78 is 0. The van der Waals surface area contributed by atoms with Crippen LogP contribution in [0.1, 0.15) is 43.7 Å². The molecule has 1 aromatic rings. The molecule has 3 nitrogen and oxygen atoms in total. The molecule has 0 spiro atoms. The molecule has 0 bridgehead atoms. The lowest BCUT2D eigenvalue weighted by molar-refractivity contribution is -0.136. The maximum absolute atomic E-state index is 12.1. The molecule has 3 heteroatoms. The molecule has 0 saturated heterocycles. The van der Waals surface area contributed by atoms with Crippen LogP contribution in [0.4, 0.5) is 0 Å². The molecule has 1 aliphatic carbocycles. The average Bonchev–Trinajstić information content (AvgIpc) is 2.37. The smallest absolute Gasteiger partial charge is 0.251 e. The van der Waals surface area contributed by atoms with Gasteiger partial charge in [-0.25, -0.2) is 5.48 Å². The zero-order valence-electron chi connectivity index (χ0n) is 11.1. The fourth-order valence-electron chi connectivity index (χ4n) is 2.38. The second-order valence-electron chi connectivity index (χ2n) is 5.31. The average molecular weight is 247 g/mol. The maximum Gasteiger partial charge on any atom is 0.251 e. The van der Waals surface area contributed by atoms with Gasteiger partial charge in [0.15, 0.2) is 0 Å². The van der Waals surface area contributed by atoms with Crippen molar-refractivity contribution in [1.29, 1.82) is 0 Å². The van der Waals surface area contributed by atoms with Gasteiger partial charge in [0.2, 0.25) is 0 Å². The minimum atomic E-state index is -0.0536. The fourth-order valence-corrected chi connectivity index (χ4v) is 2.38. The van der Waals surface area contributed by atoms with E-state index < -0.39 is 0 Å². The topological polar surface area (TPSA) is 38.3 Å². The Kier molecular flexibility index (Phi) is 4.37. The summed E-state index contributed by atoms with van der Waals surface area (Å²) in [7, 11) is 0. The predicted octanol–water partition coefficient (Wildman–Crippen LogP) is 2.81. The summed E-state index contributed by atoms with van der Waals surface area (Å²) in [6.45, 7) is 4.67. The first kappa shape index (κ1) is 13.1. The zero-order valence-corrected chi connectivity index (χ0v) is 11.1. The van der Waals surface area contributed by atoms with Crippen molar-refractivity contribution in [2.75, 3.05) is 6.61 Å². The number of nitrogens with one attached hydrogen (secondary N) is 1. The molecule has 1 atom stereocenters. The molecule has 0 heterocycles. The number of carbonyl (C=O) groups is 1. The third-order valence-corrected chi connectivity index (χ3v) is 3.28. The van der Waals surface area contributed by atoms with E-state index in [0.717, 1.165) is 24.8 Å². The number of hydrogen-bond acceptors (Lipinski definition) is 2. The number of amides is 1. The summed E-state index contributed by atoms with van der Waals surface area (Å²) in [5.41, 5.74) is 5.05. The van der Waals surface area contributed by atoms with Crippen molar-refractivity contribution in [1.82, 2.24) is 5.48 Å². The molecule has 0 saturated carbocycles. The molecule has 1 aliphatic rings. The summed E-state index contributed by atoms with van der Waals surface area (Å²) in [4.78, 5) is 17.3. The molecule has 98 valence electrons. The lowest BCUT2D eigenvalue weighted by Crippen LogP contribution is -2.32. The van der Waals surface area contributed by atoms with Gasteiger partial charge in [-0.15, -0.1) is 0 Å². The van der Waals surface area contributed by atoms with Crippen molar-refractivity contribution in [3.8, 4) is 0 Å². The van der Waals surface area contributed by atoms with Gasteiger partial charge < -0.3 is 0 Å². The quantitative estimate of drug-likeness (QED) is 0.831. The summed E-state index contributed by atoms with van der Waals surface area (Å²) in [6.07, 6.45) is 3.06. The first-order chi connectivity index (χ1) is 8.68. The van der Waals surface area contributed by atoms with Gasteiger partial charge in [0.05, 0.1) is 12.5 Å². The van der Waals surface area contributed by atoms with Crippen molar-refractivity contribution in [3.05, 3.63) is 35.4 Å². The molecule has 1 N–H and O–H groups in total. The van der Waals surface area contributed by atoms with Crippen LogP contribution in [-0.4, -0.2) is 12.5 Å². The molecule has 2 rings (SSSR count). The third-order valence-electron chi connectivity index (χ3n) is 3.28. The summed E-state index contributed by atoms with van der Waals surface area (Å²) >= 11 is 0. The van der Waals surface area contributed by atoms with Crippen LogP contribution >= 0.6 is 0 Å². The van der Waals surface area contributed by atoms with E-state index >= 15 is 0 Å². The van der Waals surface area contributed by atoms with Crippen LogP contribution in [0.25, 0.3) is 0 Å². The molecule has 0 radical (unpaired) electrons. The molecule has 1 unspecified atom stereocenters. The third kappa shape index (κ3) is 3.10. The normalized spacial score (nSPS) is 18.5. The van der Waals surface area contributed by atoms with E-state index in [2.05, 4.69) is 31.5 Å². The van der Waals surface area contributed by atoms with Crippen LogP contribution in [0.5, 0.6) is 0 Å². The maximum atomic E-state index is 12.1. The van der Waals surface area contributed by atoms with Gasteiger partial charge in [-0.2, -0.15) is 0 Å². The molecular weight excluding hydrogens is 226 g/mol. The van der Waals surface area contributed by atoms with Crippen LogP contribution in [-0.2, 0) is 16.1 Å². The first-order valence-electron chi connectivity index (χ1n) is 6.68. The number of aryl methyl sites for hydroxylation is 1. The lowest BCUT2D eigenvalue weighted by Gasteiger charge is -2.24. The van der Waals surface area contributed by atoms with Gasteiger partial charge in [-0.1, -0.05) is 38.1 Å². The summed E-state index contributed by atoms with van der Waals surface area (Å²) in [5, 5.41) is 0. The van der Waals surface area contributed by atoms with Crippen LogP contribution < -0.4 is 5.48 Å². The zero-order chi connectivity index (χ0) is 13.0. The highest BCUT2D eigenvalue weighted by Crippen LogP contribution is 2.31. The highest BCUT2D eigenvalue weighted by molar-refractivity contribution is 5.83. The second kappa shape index (κ2) is 6.01. The highest BCUT2D eigenvalue weighted by Gasteiger charge is 2.26. The molecule has 1 amide bonds. The van der Waals surface area contributed by atoms with E-state index in [4.69, 9.17) is 4.84 Å². The molecule has 0 fully saturated rings. The van der Waals surface area contributed by atoms with Gasteiger partial charge in [0.25, 0.3) is 5.91 Å². The minimum Gasteiger partial charge on any atom is -0.273 e. The Hall–Kier alpha value is -1.35. The molecule has 0 aliphatic heterocycles. The standard InChI is InChI=1S/C15H21NO2/c1-11(2)10-18-16-15(17)14-9-5-7-12-6-3-4-8-13(12)14/h3-4,6,8,11,14H,5,7,9-10H2,1-2H3,(H,16,17). The van der Waals surface area contributed by atoms with Crippen molar-refractivity contribution in [2.45, 2.75) is 39.0 Å². The van der Waals surface area contributed by atoms with Crippen molar-refractivity contribution >= 4 is 5.91 Å². The first-order valence-corrected chi connectivity index (χ1v) is 6.68. The monoisotopic (exact) mass is 247 g/mol. The second-order valence-corrected chi connectivity index (χ2v) is 5.31. The highest BCUT2D eigenvalue weighted by atomic mass is 16.6. The minimum absolute atomic E-state index is 0.0113. The van der Waals surface area contributed by atoms with Gasteiger partial charge >= 0.3 is 0 Å². The van der Waals surface area contributed by atoms with E-state index in [9.17, 15) is 4.79 Å². The predicted molar refractivity (Wildman–Crippen MR) is 71.1 cm³/mol. The Labute approximate surface area is 108 Å². The molecular formula is C15H21NO2. The Morgan fingerprint density at radius 2 is 2.22 bits per heavy atom. The fraction of sp³-hybridized carbons (Fsp3) is 0.533. The number of carbonyl (C=O) groups excluding carboxylic acids is 1. The Balaban J connectivity index is 1.99. The SMILES string of the molecule is CC(C)CONC(=O)C1CCCc2ccccc21. The Morgan fingerprint density at radius 3 is 3.00 bits per heavy atom. The largest absolute Gasteiger partial charge is 0.273 e. The lowest BCUT2D eigenvalue weighted by atomic mass is 9.82. The van der Waals surface area contributed by atoms with Crippen LogP contribution in [0.2, 0.25) is 0 Å².